The SMILES string of the molecule is Cc1c[c][se]c1. The molecule has 0 aliphatic carbocycles. The minimum atomic E-state index is 0.573. The molecule has 0 fully saturated rings. The summed E-state index contributed by atoms with van der Waals surface area (Å²) in [4.78, 5) is 5.33. The standard InChI is InChI=1S/C5H5Se/c1-5-2-3-6-4-5/h2,4H,1H3. The predicted octanol–water partition coefficient (Wildman–Crippen LogP) is 0.852. The molecule has 1 radical (unpaired) electrons. The molecule has 1 rings (SSSR count). The van der Waals surface area contributed by atoms with Gasteiger partial charge in [-0.05, 0) is 0 Å². The van der Waals surface area contributed by atoms with Crippen LogP contribution in [0.2, 0.25) is 0 Å². The molecular formula is C5H5Se. The van der Waals surface area contributed by atoms with E-state index in [1.54, 1.807) is 0 Å². The average Bonchev–Trinajstić information content (AvgIpc) is 1.86. The van der Waals surface area contributed by atoms with Crippen LogP contribution < -0.4 is 0 Å². The fourth-order valence-electron chi connectivity index (χ4n) is 0.288. The van der Waals surface area contributed by atoms with Crippen LogP contribution in [0.25, 0.3) is 0 Å². The zero-order valence-electron chi connectivity index (χ0n) is 3.56. The number of hydrogen-bond donors (Lipinski definition) is 0. The average molecular weight is 144 g/mol. The topological polar surface area (TPSA) is 0 Å². The molecule has 1 aromatic heterocycles. The normalized spacial score (nSPS) is 8.83. The zero-order valence-corrected chi connectivity index (χ0v) is 5.28. The summed E-state index contributed by atoms with van der Waals surface area (Å²) in [6.07, 6.45) is 0. The van der Waals surface area contributed by atoms with E-state index in [9.17, 15) is 0 Å². The Hall–Kier alpha value is -0.000519. The predicted molar refractivity (Wildman–Crippen MR) is 27.0 cm³/mol. The summed E-state index contributed by atoms with van der Waals surface area (Å²) < 4.78 is 0. The Kier molecular flexibility index (Phi) is 1.13. The Balaban J connectivity index is 3.05. The van der Waals surface area contributed by atoms with Gasteiger partial charge in [-0.1, -0.05) is 0 Å². The molecule has 1 aromatic rings. The molecule has 0 nitrogen and oxygen atoms in total. The van der Waals surface area contributed by atoms with Gasteiger partial charge in [0.05, 0.1) is 0 Å². The summed E-state index contributed by atoms with van der Waals surface area (Å²) in [7, 11) is 0. The molecule has 0 aromatic carbocycles. The summed E-state index contributed by atoms with van der Waals surface area (Å²) in [5, 5.41) is 0. The van der Waals surface area contributed by atoms with Gasteiger partial charge in [0.1, 0.15) is 0 Å². The Morgan fingerprint density at radius 2 is 2.67 bits per heavy atom. The Morgan fingerprint density at radius 1 is 1.83 bits per heavy atom. The van der Waals surface area contributed by atoms with E-state index in [1.807, 2.05) is 6.07 Å². The van der Waals surface area contributed by atoms with Crippen molar-refractivity contribution in [1.82, 2.24) is 0 Å². The van der Waals surface area contributed by atoms with Crippen LogP contribution in [0.1, 0.15) is 5.56 Å². The molecule has 0 aliphatic heterocycles. The number of rotatable bonds is 0. The van der Waals surface area contributed by atoms with Crippen LogP contribution in [0, 0.1) is 11.9 Å². The molecule has 0 bridgehead atoms. The van der Waals surface area contributed by atoms with Crippen molar-refractivity contribution in [2.45, 2.75) is 6.92 Å². The van der Waals surface area contributed by atoms with Gasteiger partial charge in [0.2, 0.25) is 0 Å². The van der Waals surface area contributed by atoms with Crippen molar-refractivity contribution in [3.05, 3.63) is 21.5 Å². The zero-order chi connectivity index (χ0) is 4.41. The first-order valence-electron chi connectivity index (χ1n) is 1.81. The van der Waals surface area contributed by atoms with Crippen molar-refractivity contribution in [3.63, 3.8) is 0 Å². The van der Waals surface area contributed by atoms with E-state index in [4.69, 9.17) is 0 Å². The second-order valence-corrected chi connectivity index (χ2v) is 2.73. The van der Waals surface area contributed by atoms with Crippen LogP contribution in [-0.2, 0) is 0 Å². The summed E-state index contributed by atoms with van der Waals surface area (Å²) in [5.41, 5.74) is 1.37. The monoisotopic (exact) mass is 145 g/mol. The third-order valence-corrected chi connectivity index (χ3v) is 2.16. The first-order valence-corrected chi connectivity index (χ1v) is 3.65. The van der Waals surface area contributed by atoms with Crippen LogP contribution in [0.4, 0.5) is 0 Å². The fourth-order valence-corrected chi connectivity index (χ4v) is 1.50. The third kappa shape index (κ3) is 0.734. The Morgan fingerprint density at radius 3 is 2.83 bits per heavy atom. The van der Waals surface area contributed by atoms with Crippen LogP contribution >= 0.6 is 0 Å². The third-order valence-electron chi connectivity index (χ3n) is 0.599. The van der Waals surface area contributed by atoms with Crippen molar-refractivity contribution >= 4 is 14.5 Å². The van der Waals surface area contributed by atoms with Gasteiger partial charge in [-0.25, -0.2) is 0 Å². The van der Waals surface area contributed by atoms with Gasteiger partial charge in [0.25, 0.3) is 0 Å². The molecule has 1 heterocycles. The Bertz CT molecular complexity index is 107. The first-order chi connectivity index (χ1) is 2.89. The van der Waals surface area contributed by atoms with Crippen LogP contribution in [0.15, 0.2) is 11.0 Å². The molecule has 0 spiro atoms. The van der Waals surface area contributed by atoms with Crippen molar-refractivity contribution < 1.29 is 0 Å². The molecule has 0 atom stereocenters. The summed E-state index contributed by atoms with van der Waals surface area (Å²) >= 11 is 0.573. The van der Waals surface area contributed by atoms with E-state index < -0.39 is 0 Å². The van der Waals surface area contributed by atoms with Gasteiger partial charge in [0, 0.05) is 0 Å². The van der Waals surface area contributed by atoms with Gasteiger partial charge in [-0.3, -0.25) is 0 Å². The number of aryl methyl sites for hydroxylation is 1. The van der Waals surface area contributed by atoms with Gasteiger partial charge < -0.3 is 0 Å². The van der Waals surface area contributed by atoms with E-state index >= 15 is 0 Å². The fraction of sp³-hybridized carbons (Fsp3) is 0.200. The molecule has 0 amide bonds. The maximum atomic E-state index is 3.12. The quantitative estimate of drug-likeness (QED) is 0.473. The number of hydrogen-bond acceptors (Lipinski definition) is 0. The van der Waals surface area contributed by atoms with E-state index in [2.05, 4.69) is 16.8 Å². The van der Waals surface area contributed by atoms with Crippen molar-refractivity contribution in [2.75, 3.05) is 0 Å². The summed E-state index contributed by atoms with van der Waals surface area (Å²) in [5.74, 6) is 0. The van der Waals surface area contributed by atoms with Gasteiger partial charge in [0.15, 0.2) is 0 Å². The minimum absolute atomic E-state index is 0.573. The van der Waals surface area contributed by atoms with Crippen molar-refractivity contribution in [2.24, 2.45) is 0 Å². The van der Waals surface area contributed by atoms with E-state index in [-0.39, 0.29) is 0 Å². The molecule has 6 heavy (non-hydrogen) atoms. The molecule has 0 N–H and O–H groups in total. The molecule has 0 saturated heterocycles. The molecule has 0 saturated carbocycles. The van der Waals surface area contributed by atoms with E-state index in [0.29, 0.717) is 14.5 Å². The van der Waals surface area contributed by atoms with E-state index in [1.165, 1.54) is 5.56 Å². The molecular weight excluding hydrogens is 139 g/mol. The maximum absolute atomic E-state index is 3.12. The van der Waals surface area contributed by atoms with Gasteiger partial charge >= 0.3 is 42.9 Å². The second kappa shape index (κ2) is 1.63. The Labute approximate surface area is 43.6 Å². The van der Waals surface area contributed by atoms with Gasteiger partial charge in [-0.15, -0.1) is 0 Å². The molecule has 1 heteroatoms. The van der Waals surface area contributed by atoms with E-state index in [0.717, 1.165) is 0 Å². The van der Waals surface area contributed by atoms with Crippen molar-refractivity contribution in [1.29, 1.82) is 0 Å². The molecule has 0 aliphatic rings. The van der Waals surface area contributed by atoms with Crippen molar-refractivity contribution in [3.8, 4) is 0 Å². The molecule has 31 valence electrons. The second-order valence-electron chi connectivity index (χ2n) is 1.24. The summed E-state index contributed by atoms with van der Waals surface area (Å²) in [6, 6.07) is 2.04. The summed E-state index contributed by atoms with van der Waals surface area (Å²) in [6.45, 7) is 2.10. The van der Waals surface area contributed by atoms with Crippen LogP contribution in [-0.4, -0.2) is 14.5 Å². The van der Waals surface area contributed by atoms with Crippen LogP contribution in [0.3, 0.4) is 0 Å². The molecule has 0 unspecified atom stereocenters. The first kappa shape index (κ1) is 4.17. The van der Waals surface area contributed by atoms with Crippen LogP contribution in [0.5, 0.6) is 0 Å². The van der Waals surface area contributed by atoms with Gasteiger partial charge in [-0.2, -0.15) is 0 Å².